The molecule has 6 rings (SSSR count). The molecular weight excluding hydrogens is 657 g/mol. The van der Waals surface area contributed by atoms with Crippen LogP contribution >= 0.6 is 0 Å². The van der Waals surface area contributed by atoms with Crippen LogP contribution in [0.2, 0.25) is 0 Å². The smallest absolute Gasteiger partial charge is 0.410 e. The van der Waals surface area contributed by atoms with Gasteiger partial charge in [0.15, 0.2) is 9.84 Å². The molecule has 3 amide bonds. The maximum absolute atomic E-state index is 14.4. The molecule has 3 aliphatic rings. The number of pyridine rings is 1. The molecule has 0 bridgehead atoms. The molecule has 1 aromatic heterocycles. The summed E-state index contributed by atoms with van der Waals surface area (Å²) in [6, 6.07) is 19.4. The van der Waals surface area contributed by atoms with Gasteiger partial charge < -0.3 is 29.1 Å². The number of hydrogen-bond donors (Lipinski definition) is 1. The number of rotatable bonds is 5. The first-order valence-electron chi connectivity index (χ1n) is 17.4. The number of likely N-dealkylation sites (tertiary alicyclic amines) is 1. The molecule has 2 atom stereocenters. The largest absolute Gasteiger partial charge is 0.444 e. The van der Waals surface area contributed by atoms with Crippen LogP contribution in [-0.4, -0.2) is 95.1 Å². The number of benzene rings is 2. The molecule has 1 aliphatic carbocycles. The van der Waals surface area contributed by atoms with Crippen LogP contribution < -0.4 is 5.56 Å². The van der Waals surface area contributed by atoms with E-state index in [1.54, 1.807) is 29.2 Å². The standard InChI is InChI=1S/C38H48N4O7S/c1-36(2,3)49-35(45)39-21-22-42(31(24-39)29-15-9-6-10-16-29)34(44)40-20-19-38(46,37(26-40)17-11-12-18-37)27-41-25-32(50(4,47)48)30(23-33(41)43)28-13-7-5-8-14-28/h5-10,13-16,23,25,31,46H,11-12,17-22,24,26-27H2,1-4H3/t31-,38?/m0/s1. The molecule has 1 N–H and O–H groups in total. The van der Waals surface area contributed by atoms with Crippen LogP contribution in [0.5, 0.6) is 0 Å². The van der Waals surface area contributed by atoms with Crippen molar-refractivity contribution in [2.75, 3.05) is 39.0 Å². The first-order valence-corrected chi connectivity index (χ1v) is 19.3. The number of piperidine rings is 1. The highest BCUT2D eigenvalue weighted by Crippen LogP contribution is 2.52. The summed E-state index contributed by atoms with van der Waals surface area (Å²) in [5, 5.41) is 12.5. The first-order chi connectivity index (χ1) is 23.6. The summed E-state index contributed by atoms with van der Waals surface area (Å²) in [6.07, 6.45) is 5.42. The van der Waals surface area contributed by atoms with Crippen LogP contribution in [0, 0.1) is 5.41 Å². The van der Waals surface area contributed by atoms with E-state index in [2.05, 4.69) is 0 Å². The topological polar surface area (TPSA) is 129 Å². The lowest BCUT2D eigenvalue weighted by Gasteiger charge is -2.53. The number of amides is 3. The average Bonchev–Trinajstić information content (AvgIpc) is 3.56. The molecule has 3 heterocycles. The summed E-state index contributed by atoms with van der Waals surface area (Å²) in [5.74, 6) is 0. The second kappa shape index (κ2) is 13.5. The highest BCUT2D eigenvalue weighted by atomic mass is 32.2. The number of hydrogen-bond acceptors (Lipinski definition) is 7. The Balaban J connectivity index is 1.27. The van der Waals surface area contributed by atoms with E-state index in [1.807, 2.05) is 67.0 Å². The number of nitrogens with zero attached hydrogens (tertiary/aromatic N) is 4. The van der Waals surface area contributed by atoms with E-state index in [1.165, 1.54) is 16.8 Å². The van der Waals surface area contributed by atoms with Crippen molar-refractivity contribution in [3.05, 3.63) is 88.8 Å². The number of aliphatic hydroxyl groups is 1. The molecule has 268 valence electrons. The summed E-state index contributed by atoms with van der Waals surface area (Å²) >= 11 is 0. The van der Waals surface area contributed by atoms with Crippen molar-refractivity contribution in [1.82, 2.24) is 19.3 Å². The summed E-state index contributed by atoms with van der Waals surface area (Å²) in [7, 11) is -3.72. The number of urea groups is 1. The molecule has 3 aromatic rings. The van der Waals surface area contributed by atoms with Gasteiger partial charge in [-0.25, -0.2) is 18.0 Å². The van der Waals surface area contributed by atoms with Gasteiger partial charge in [0.1, 0.15) is 5.60 Å². The van der Waals surface area contributed by atoms with Crippen LogP contribution in [0.1, 0.15) is 64.5 Å². The Labute approximate surface area is 294 Å². The van der Waals surface area contributed by atoms with E-state index >= 15 is 0 Å². The average molecular weight is 705 g/mol. The van der Waals surface area contributed by atoms with Crippen molar-refractivity contribution in [2.45, 2.75) is 81.6 Å². The van der Waals surface area contributed by atoms with Gasteiger partial charge in [0.2, 0.25) is 0 Å². The zero-order valence-corrected chi connectivity index (χ0v) is 30.2. The third-order valence-electron chi connectivity index (χ3n) is 10.6. The number of ether oxygens (including phenoxy) is 1. The SMILES string of the molecule is CC(C)(C)OC(=O)N1CCN(C(=O)N2CCC(O)(Cn3cc(S(C)(=O)=O)c(-c4ccccc4)cc3=O)C3(CCCC3)C2)[C@H](c2ccccc2)C1. The number of sulfone groups is 1. The van der Waals surface area contributed by atoms with Crippen LogP contribution in [0.3, 0.4) is 0 Å². The molecule has 1 spiro atoms. The van der Waals surface area contributed by atoms with Crippen molar-refractivity contribution in [1.29, 1.82) is 0 Å². The highest BCUT2D eigenvalue weighted by molar-refractivity contribution is 7.90. The van der Waals surface area contributed by atoms with Crippen LogP contribution in [-0.2, 0) is 21.1 Å². The maximum Gasteiger partial charge on any atom is 0.410 e. The molecule has 1 unspecified atom stereocenters. The Bertz CT molecular complexity index is 1890. The normalized spacial score (nSPS) is 22.5. The van der Waals surface area contributed by atoms with Gasteiger partial charge in [-0.1, -0.05) is 73.5 Å². The first kappa shape index (κ1) is 35.7. The zero-order chi connectivity index (χ0) is 35.9. The van der Waals surface area contributed by atoms with Crippen molar-refractivity contribution >= 4 is 22.0 Å². The van der Waals surface area contributed by atoms with E-state index < -0.39 is 38.1 Å². The molecule has 2 aliphatic heterocycles. The third-order valence-corrected chi connectivity index (χ3v) is 11.7. The fraction of sp³-hybridized carbons (Fsp3) is 0.500. The second-order valence-electron chi connectivity index (χ2n) is 15.2. The Morgan fingerprint density at radius 2 is 1.56 bits per heavy atom. The summed E-state index contributed by atoms with van der Waals surface area (Å²) in [6.45, 7) is 6.93. The minimum atomic E-state index is -3.72. The predicted octanol–water partition coefficient (Wildman–Crippen LogP) is 5.33. The van der Waals surface area contributed by atoms with Gasteiger partial charge in [-0.15, -0.1) is 0 Å². The fourth-order valence-electron chi connectivity index (χ4n) is 8.00. The molecule has 2 saturated heterocycles. The van der Waals surface area contributed by atoms with Gasteiger partial charge in [0.25, 0.3) is 5.56 Å². The lowest BCUT2D eigenvalue weighted by Crippen LogP contribution is -2.64. The lowest BCUT2D eigenvalue weighted by molar-refractivity contribution is -0.137. The molecule has 1 saturated carbocycles. The van der Waals surface area contributed by atoms with E-state index in [0.717, 1.165) is 24.7 Å². The highest BCUT2D eigenvalue weighted by Gasteiger charge is 2.56. The Morgan fingerprint density at radius 3 is 2.18 bits per heavy atom. The predicted molar refractivity (Wildman–Crippen MR) is 190 cm³/mol. The number of piperazine rings is 1. The molecule has 2 aromatic carbocycles. The van der Waals surface area contributed by atoms with Gasteiger partial charge >= 0.3 is 12.1 Å². The minimum absolute atomic E-state index is 0.0254. The van der Waals surface area contributed by atoms with Crippen LogP contribution in [0.15, 0.2) is 82.6 Å². The summed E-state index contributed by atoms with van der Waals surface area (Å²) in [4.78, 5) is 46.4. The molecular formula is C38H48N4O7S. The quantitative estimate of drug-likeness (QED) is 0.380. The Hall–Kier alpha value is -4.16. The fourth-order valence-corrected chi connectivity index (χ4v) is 8.90. The molecule has 3 fully saturated rings. The van der Waals surface area contributed by atoms with E-state index in [0.29, 0.717) is 43.6 Å². The third kappa shape index (κ3) is 7.18. The van der Waals surface area contributed by atoms with Crippen molar-refractivity contribution in [3.8, 4) is 11.1 Å². The second-order valence-corrected chi connectivity index (χ2v) is 17.2. The molecule has 50 heavy (non-hydrogen) atoms. The Kier molecular flexibility index (Phi) is 9.64. The van der Waals surface area contributed by atoms with Crippen LogP contribution in [0.4, 0.5) is 9.59 Å². The molecule has 0 radical (unpaired) electrons. The van der Waals surface area contributed by atoms with Gasteiger partial charge in [0, 0.05) is 62.2 Å². The van der Waals surface area contributed by atoms with Crippen molar-refractivity contribution in [3.63, 3.8) is 0 Å². The molecule has 11 nitrogen and oxygen atoms in total. The van der Waals surface area contributed by atoms with Gasteiger partial charge in [-0.2, -0.15) is 0 Å². The van der Waals surface area contributed by atoms with Gasteiger partial charge in [0.05, 0.1) is 23.1 Å². The van der Waals surface area contributed by atoms with E-state index in [-0.39, 0.29) is 43.0 Å². The number of carbonyl (C=O) groups excluding carboxylic acids is 2. The number of carbonyl (C=O) groups is 2. The van der Waals surface area contributed by atoms with Crippen molar-refractivity contribution < 1.29 is 27.9 Å². The summed E-state index contributed by atoms with van der Waals surface area (Å²) in [5.41, 5.74) is -1.20. The minimum Gasteiger partial charge on any atom is -0.444 e. The monoisotopic (exact) mass is 704 g/mol. The maximum atomic E-state index is 14.4. The lowest BCUT2D eigenvalue weighted by atomic mass is 9.66. The zero-order valence-electron chi connectivity index (χ0n) is 29.4. The van der Waals surface area contributed by atoms with Gasteiger partial charge in [-0.3, -0.25) is 4.79 Å². The van der Waals surface area contributed by atoms with Crippen molar-refractivity contribution in [2.24, 2.45) is 5.41 Å². The van der Waals surface area contributed by atoms with Crippen LogP contribution in [0.25, 0.3) is 11.1 Å². The number of aromatic nitrogens is 1. The van der Waals surface area contributed by atoms with Gasteiger partial charge in [-0.05, 0) is 51.2 Å². The molecule has 12 heteroatoms. The summed E-state index contributed by atoms with van der Waals surface area (Å²) < 4.78 is 32.9. The van der Waals surface area contributed by atoms with E-state index in [9.17, 15) is 27.9 Å². The Morgan fingerprint density at radius 1 is 0.920 bits per heavy atom. The van der Waals surface area contributed by atoms with E-state index in [4.69, 9.17) is 4.74 Å².